The first-order valence-electron chi connectivity index (χ1n) is 10.0. The quantitative estimate of drug-likeness (QED) is 0.735. The van der Waals surface area contributed by atoms with E-state index in [9.17, 15) is 9.59 Å². The van der Waals surface area contributed by atoms with Gasteiger partial charge in [0.05, 0.1) is 12.6 Å². The van der Waals surface area contributed by atoms with E-state index >= 15 is 0 Å². The number of aromatic nitrogens is 1. The number of hydrogen-bond acceptors (Lipinski definition) is 5. The molecular formula is C23H21ClN2O3. The number of nitrogens with one attached hydrogen (secondary N) is 1. The Bertz CT molecular complexity index is 1090. The average molecular weight is 409 g/mol. The number of ether oxygens (including phenoxy) is 1. The van der Waals surface area contributed by atoms with Gasteiger partial charge >= 0.3 is 0 Å². The van der Waals surface area contributed by atoms with E-state index in [4.69, 9.17) is 16.3 Å². The second kappa shape index (κ2) is 6.99. The van der Waals surface area contributed by atoms with Crippen molar-refractivity contribution in [3.05, 3.63) is 57.5 Å². The predicted molar refractivity (Wildman–Crippen MR) is 111 cm³/mol. The zero-order valence-corrected chi connectivity index (χ0v) is 16.9. The van der Waals surface area contributed by atoms with Crippen molar-refractivity contribution in [2.45, 2.75) is 44.4 Å². The molecule has 29 heavy (non-hydrogen) atoms. The fraction of sp³-hybridized carbons (Fsp3) is 0.348. The number of methoxy groups -OCH3 is 1. The number of ketones is 2. The number of dihydropyridines is 1. The molecule has 0 bridgehead atoms. The summed E-state index contributed by atoms with van der Waals surface area (Å²) in [6.45, 7) is 0. The molecule has 5 nitrogen and oxygen atoms in total. The van der Waals surface area contributed by atoms with Crippen molar-refractivity contribution in [3.63, 3.8) is 0 Å². The third-order valence-electron chi connectivity index (χ3n) is 6.10. The molecule has 0 unspecified atom stereocenters. The molecule has 1 aromatic heterocycles. The molecule has 2 heterocycles. The molecule has 0 saturated carbocycles. The van der Waals surface area contributed by atoms with Gasteiger partial charge in [-0.15, -0.1) is 0 Å². The van der Waals surface area contributed by atoms with Crippen LogP contribution in [0.25, 0.3) is 10.9 Å². The Morgan fingerprint density at radius 2 is 1.66 bits per heavy atom. The van der Waals surface area contributed by atoms with E-state index in [-0.39, 0.29) is 11.6 Å². The van der Waals surface area contributed by atoms with Gasteiger partial charge in [-0.2, -0.15) is 0 Å². The molecule has 5 rings (SSSR count). The molecule has 148 valence electrons. The number of benzene rings is 1. The van der Waals surface area contributed by atoms with Crippen molar-refractivity contribution in [3.8, 4) is 5.75 Å². The summed E-state index contributed by atoms with van der Waals surface area (Å²) in [7, 11) is 1.62. The van der Waals surface area contributed by atoms with Gasteiger partial charge in [0.25, 0.3) is 0 Å². The van der Waals surface area contributed by atoms with Gasteiger partial charge in [0.1, 0.15) is 10.9 Å². The normalized spacial score (nSPS) is 19.9. The van der Waals surface area contributed by atoms with E-state index < -0.39 is 5.92 Å². The SMILES string of the molecule is COc1ccc2nc(Cl)c(C3C4=C(CCCC4=O)NC4=C3C(=O)CCC4)cc2c1. The fourth-order valence-corrected chi connectivity index (χ4v) is 5.03. The van der Waals surface area contributed by atoms with Crippen molar-refractivity contribution in [1.29, 1.82) is 0 Å². The van der Waals surface area contributed by atoms with Crippen molar-refractivity contribution in [2.24, 2.45) is 0 Å². The van der Waals surface area contributed by atoms with E-state index in [1.54, 1.807) is 7.11 Å². The molecule has 0 saturated heterocycles. The minimum absolute atomic E-state index is 0.0930. The Labute approximate surface area is 173 Å². The second-order valence-electron chi connectivity index (χ2n) is 7.82. The van der Waals surface area contributed by atoms with Gasteiger partial charge in [-0.05, 0) is 49.9 Å². The zero-order chi connectivity index (χ0) is 20.1. The minimum Gasteiger partial charge on any atom is -0.497 e. The van der Waals surface area contributed by atoms with Gasteiger partial charge in [0.15, 0.2) is 11.6 Å². The van der Waals surface area contributed by atoms with Crippen LogP contribution in [0.1, 0.15) is 50.0 Å². The first-order chi connectivity index (χ1) is 14.1. The number of allylic oxidation sites excluding steroid dienone is 4. The van der Waals surface area contributed by atoms with Crippen molar-refractivity contribution in [1.82, 2.24) is 10.3 Å². The molecular weight excluding hydrogens is 388 g/mol. The maximum absolute atomic E-state index is 13.0. The maximum atomic E-state index is 13.0. The summed E-state index contributed by atoms with van der Waals surface area (Å²) in [6, 6.07) is 7.56. The van der Waals surface area contributed by atoms with Crippen molar-refractivity contribution in [2.75, 3.05) is 7.11 Å². The molecule has 2 aromatic rings. The highest BCUT2D eigenvalue weighted by Crippen LogP contribution is 2.47. The van der Waals surface area contributed by atoms with Gasteiger partial charge in [0, 0.05) is 52.2 Å². The zero-order valence-electron chi connectivity index (χ0n) is 16.2. The molecule has 3 aliphatic rings. The number of nitrogens with zero attached hydrogens (tertiary/aromatic N) is 1. The Balaban J connectivity index is 1.76. The predicted octanol–water partition coefficient (Wildman–Crippen LogP) is 4.60. The van der Waals surface area contributed by atoms with Gasteiger partial charge in [0.2, 0.25) is 0 Å². The van der Waals surface area contributed by atoms with Crippen LogP contribution in [-0.4, -0.2) is 23.7 Å². The smallest absolute Gasteiger partial charge is 0.161 e. The van der Waals surface area contributed by atoms with Crippen LogP contribution in [0.3, 0.4) is 0 Å². The lowest BCUT2D eigenvalue weighted by Crippen LogP contribution is -2.36. The molecule has 6 heteroatoms. The number of Topliss-reactive ketones (excluding diaryl/α,β-unsaturated/α-hetero) is 2. The Morgan fingerprint density at radius 3 is 2.28 bits per heavy atom. The van der Waals surface area contributed by atoms with Crippen molar-refractivity contribution >= 4 is 34.1 Å². The highest BCUT2D eigenvalue weighted by molar-refractivity contribution is 6.31. The largest absolute Gasteiger partial charge is 0.497 e. The number of carbonyl (C=O) groups is 2. The lowest BCUT2D eigenvalue weighted by Gasteiger charge is -2.37. The molecule has 1 aliphatic heterocycles. The van der Waals surface area contributed by atoms with Crippen LogP contribution in [0.2, 0.25) is 5.15 Å². The molecule has 2 aliphatic carbocycles. The summed E-state index contributed by atoms with van der Waals surface area (Å²) in [6.07, 6.45) is 4.29. The summed E-state index contributed by atoms with van der Waals surface area (Å²) in [5.74, 6) is 0.462. The summed E-state index contributed by atoms with van der Waals surface area (Å²) < 4.78 is 5.35. The Kier molecular flexibility index (Phi) is 4.43. The standard InChI is InChI=1S/C23H21ClN2O3/c1-29-13-8-9-15-12(10-13)11-14(23(24)26-15)20-21-16(4-2-6-18(21)27)25-17-5-3-7-19(28)22(17)20/h8-11,20,25H,2-7H2,1H3. The molecule has 0 fully saturated rings. The lowest BCUT2D eigenvalue weighted by atomic mass is 9.72. The Hall–Kier alpha value is -2.66. The number of fused-ring (bicyclic) bond motifs is 1. The number of halogens is 1. The first kappa shape index (κ1) is 18.4. The van der Waals surface area contributed by atoms with Gasteiger partial charge < -0.3 is 10.1 Å². The van der Waals surface area contributed by atoms with E-state index in [0.29, 0.717) is 29.1 Å². The van der Waals surface area contributed by atoms with Crippen molar-refractivity contribution < 1.29 is 14.3 Å². The lowest BCUT2D eigenvalue weighted by molar-refractivity contribution is -0.116. The number of hydrogen-bond donors (Lipinski definition) is 1. The maximum Gasteiger partial charge on any atom is 0.161 e. The monoisotopic (exact) mass is 408 g/mol. The molecule has 0 radical (unpaired) electrons. The summed E-state index contributed by atoms with van der Waals surface area (Å²) >= 11 is 6.64. The Morgan fingerprint density at radius 1 is 1.00 bits per heavy atom. The van der Waals surface area contributed by atoms with E-state index in [1.165, 1.54) is 0 Å². The average Bonchev–Trinajstić information content (AvgIpc) is 2.72. The fourth-order valence-electron chi connectivity index (χ4n) is 4.77. The van der Waals surface area contributed by atoms with Crippen LogP contribution in [0.15, 0.2) is 46.8 Å². The highest BCUT2D eigenvalue weighted by Gasteiger charge is 2.41. The third-order valence-corrected chi connectivity index (χ3v) is 6.41. The van der Waals surface area contributed by atoms with Crippen LogP contribution in [0, 0.1) is 0 Å². The molecule has 1 N–H and O–H groups in total. The van der Waals surface area contributed by atoms with Gasteiger partial charge in [-0.1, -0.05) is 11.6 Å². The number of carbonyl (C=O) groups excluding carboxylic acids is 2. The topological polar surface area (TPSA) is 68.3 Å². The molecule has 1 aromatic carbocycles. The number of pyridine rings is 1. The molecule has 0 amide bonds. The summed E-state index contributed by atoms with van der Waals surface area (Å²) in [5.41, 5.74) is 4.75. The van der Waals surface area contributed by atoms with E-state index in [0.717, 1.165) is 59.3 Å². The molecule has 0 atom stereocenters. The van der Waals surface area contributed by atoms with Crippen LogP contribution < -0.4 is 10.1 Å². The first-order valence-corrected chi connectivity index (χ1v) is 10.4. The second-order valence-corrected chi connectivity index (χ2v) is 8.18. The summed E-state index contributed by atoms with van der Waals surface area (Å²) in [5, 5.41) is 4.64. The van der Waals surface area contributed by atoms with E-state index in [1.807, 2.05) is 24.3 Å². The highest BCUT2D eigenvalue weighted by atomic mass is 35.5. The van der Waals surface area contributed by atoms with Gasteiger partial charge in [-0.25, -0.2) is 4.98 Å². The van der Waals surface area contributed by atoms with Crippen LogP contribution in [0.4, 0.5) is 0 Å². The molecule has 0 spiro atoms. The van der Waals surface area contributed by atoms with Crippen LogP contribution >= 0.6 is 11.6 Å². The van der Waals surface area contributed by atoms with Gasteiger partial charge in [-0.3, -0.25) is 9.59 Å². The third kappa shape index (κ3) is 2.96. The van der Waals surface area contributed by atoms with Crippen LogP contribution in [-0.2, 0) is 9.59 Å². The van der Waals surface area contributed by atoms with E-state index in [2.05, 4.69) is 10.3 Å². The summed E-state index contributed by atoms with van der Waals surface area (Å²) in [4.78, 5) is 30.5. The number of rotatable bonds is 2. The van der Waals surface area contributed by atoms with Crippen LogP contribution in [0.5, 0.6) is 5.75 Å². The minimum atomic E-state index is -0.447.